The second kappa shape index (κ2) is 4.29. The van der Waals surface area contributed by atoms with E-state index in [1.807, 2.05) is 6.08 Å². The SMILES string of the molecule is C=C(/C=C(\O)C1=CCC2NN=CC2=C1)C(=O)O. The zero-order chi connectivity index (χ0) is 12.4. The molecular formula is C12H12N2O3. The fraction of sp³-hybridized carbons (Fsp3) is 0.167. The standard InChI is InChI=1S/C12H12N2O3/c1-7(12(16)17)4-11(15)8-2-3-10-9(5-8)6-13-14-10/h2,4-6,10,14-15H,1,3H2,(H,16,17)/b11-4-. The van der Waals surface area contributed by atoms with Gasteiger partial charge >= 0.3 is 5.97 Å². The molecule has 17 heavy (non-hydrogen) atoms. The smallest absolute Gasteiger partial charge is 0.335 e. The van der Waals surface area contributed by atoms with Gasteiger partial charge in [-0.15, -0.1) is 0 Å². The number of nitrogens with one attached hydrogen (secondary N) is 1. The molecule has 0 spiro atoms. The average Bonchev–Trinajstić information content (AvgIpc) is 2.75. The van der Waals surface area contributed by atoms with Gasteiger partial charge in [0, 0.05) is 5.57 Å². The zero-order valence-corrected chi connectivity index (χ0v) is 9.05. The molecule has 0 bridgehead atoms. The van der Waals surface area contributed by atoms with E-state index in [0.717, 1.165) is 11.6 Å². The van der Waals surface area contributed by atoms with Gasteiger partial charge in [-0.2, -0.15) is 5.10 Å². The van der Waals surface area contributed by atoms with E-state index >= 15 is 0 Å². The number of rotatable bonds is 3. The number of hydrogen-bond acceptors (Lipinski definition) is 4. The summed E-state index contributed by atoms with van der Waals surface area (Å²) >= 11 is 0. The number of hydrogen-bond donors (Lipinski definition) is 3. The van der Waals surface area contributed by atoms with Gasteiger partial charge in [-0.3, -0.25) is 0 Å². The fourth-order valence-electron chi connectivity index (χ4n) is 1.66. The maximum atomic E-state index is 10.6. The summed E-state index contributed by atoms with van der Waals surface area (Å²) in [5.74, 6) is -1.24. The number of nitrogens with zero attached hydrogens (tertiary/aromatic N) is 1. The lowest BCUT2D eigenvalue weighted by atomic mass is 9.95. The number of carbonyl (C=O) groups is 1. The van der Waals surface area contributed by atoms with E-state index in [1.165, 1.54) is 0 Å². The normalized spacial score (nSPS) is 22.4. The molecule has 1 unspecified atom stereocenters. The Balaban J connectivity index is 2.19. The van der Waals surface area contributed by atoms with Crippen molar-refractivity contribution < 1.29 is 15.0 Å². The molecule has 1 aliphatic heterocycles. The first kappa shape index (κ1) is 11.2. The molecule has 0 radical (unpaired) electrons. The van der Waals surface area contributed by atoms with E-state index < -0.39 is 5.97 Å². The van der Waals surface area contributed by atoms with Gasteiger partial charge in [0.1, 0.15) is 5.76 Å². The number of aliphatic hydroxyl groups is 1. The van der Waals surface area contributed by atoms with Gasteiger partial charge in [0.25, 0.3) is 0 Å². The molecule has 88 valence electrons. The third-order valence-corrected chi connectivity index (χ3v) is 2.62. The summed E-state index contributed by atoms with van der Waals surface area (Å²) in [5, 5.41) is 22.4. The van der Waals surface area contributed by atoms with Crippen LogP contribution in [0.25, 0.3) is 0 Å². The summed E-state index contributed by atoms with van der Waals surface area (Å²) in [4.78, 5) is 10.6. The number of fused-ring (bicyclic) bond motifs is 1. The van der Waals surface area contributed by atoms with Gasteiger partial charge in [0.05, 0.1) is 17.8 Å². The summed E-state index contributed by atoms with van der Waals surface area (Å²) in [6.07, 6.45) is 7.15. The lowest BCUT2D eigenvalue weighted by Gasteiger charge is -2.15. The minimum Gasteiger partial charge on any atom is -0.507 e. The number of aliphatic hydroxyl groups excluding tert-OH is 1. The zero-order valence-electron chi connectivity index (χ0n) is 9.05. The molecule has 1 atom stereocenters. The van der Waals surface area contributed by atoms with Crippen molar-refractivity contribution >= 4 is 12.2 Å². The van der Waals surface area contributed by atoms with Gasteiger partial charge in [-0.1, -0.05) is 12.7 Å². The number of carboxylic acid groups (broad SMARTS) is 1. The molecule has 1 aliphatic carbocycles. The molecule has 0 aromatic rings. The van der Waals surface area contributed by atoms with Crippen molar-refractivity contribution in [2.75, 3.05) is 0 Å². The van der Waals surface area contributed by atoms with Crippen molar-refractivity contribution in [2.24, 2.45) is 5.10 Å². The van der Waals surface area contributed by atoms with Crippen LogP contribution in [0.2, 0.25) is 0 Å². The average molecular weight is 232 g/mol. The largest absolute Gasteiger partial charge is 0.507 e. The predicted molar refractivity (Wildman–Crippen MR) is 63.7 cm³/mol. The van der Waals surface area contributed by atoms with Gasteiger partial charge in [0.15, 0.2) is 0 Å². The van der Waals surface area contributed by atoms with Gasteiger partial charge in [-0.05, 0) is 24.1 Å². The van der Waals surface area contributed by atoms with E-state index in [0.29, 0.717) is 12.0 Å². The Hall–Kier alpha value is -2.30. The van der Waals surface area contributed by atoms with Crippen molar-refractivity contribution in [3.05, 3.63) is 47.3 Å². The third-order valence-electron chi connectivity index (χ3n) is 2.62. The summed E-state index contributed by atoms with van der Waals surface area (Å²) in [7, 11) is 0. The maximum Gasteiger partial charge on any atom is 0.335 e. The Morgan fingerprint density at radius 3 is 3.06 bits per heavy atom. The molecule has 0 aromatic heterocycles. The molecule has 5 heteroatoms. The highest BCUT2D eigenvalue weighted by molar-refractivity contribution is 5.89. The molecule has 0 saturated heterocycles. The van der Waals surface area contributed by atoms with Gasteiger partial charge in [-0.25, -0.2) is 4.79 Å². The van der Waals surface area contributed by atoms with Gasteiger partial charge in [0.2, 0.25) is 0 Å². The monoisotopic (exact) mass is 232 g/mol. The van der Waals surface area contributed by atoms with E-state index in [1.54, 1.807) is 12.3 Å². The summed E-state index contributed by atoms with van der Waals surface area (Å²) in [6, 6.07) is 0.161. The van der Waals surface area contributed by atoms with E-state index in [-0.39, 0.29) is 17.4 Å². The van der Waals surface area contributed by atoms with Crippen LogP contribution in [0, 0.1) is 0 Å². The lowest BCUT2D eigenvalue weighted by Crippen LogP contribution is -2.22. The van der Waals surface area contributed by atoms with Gasteiger partial charge < -0.3 is 15.6 Å². The van der Waals surface area contributed by atoms with Crippen LogP contribution in [0.3, 0.4) is 0 Å². The highest BCUT2D eigenvalue weighted by Gasteiger charge is 2.21. The van der Waals surface area contributed by atoms with Crippen LogP contribution in [-0.2, 0) is 4.79 Å². The molecule has 3 N–H and O–H groups in total. The first-order valence-corrected chi connectivity index (χ1v) is 5.11. The van der Waals surface area contributed by atoms with Crippen LogP contribution < -0.4 is 5.43 Å². The van der Waals surface area contributed by atoms with E-state index in [4.69, 9.17) is 5.11 Å². The Bertz CT molecular complexity index is 498. The number of carboxylic acids is 1. The molecule has 5 nitrogen and oxygen atoms in total. The molecule has 2 rings (SSSR count). The molecule has 1 heterocycles. The minimum absolute atomic E-state index is 0.0938. The first-order valence-electron chi connectivity index (χ1n) is 5.11. The van der Waals surface area contributed by atoms with Crippen LogP contribution in [0.15, 0.2) is 52.4 Å². The van der Waals surface area contributed by atoms with E-state index in [2.05, 4.69) is 17.1 Å². The Labute approximate surface area is 98.1 Å². The van der Waals surface area contributed by atoms with Crippen molar-refractivity contribution in [1.82, 2.24) is 5.43 Å². The molecule has 0 saturated carbocycles. The molecule has 0 amide bonds. The Morgan fingerprint density at radius 2 is 2.35 bits per heavy atom. The summed E-state index contributed by atoms with van der Waals surface area (Å²) in [6.45, 7) is 3.33. The maximum absolute atomic E-state index is 10.6. The Kier molecular flexibility index (Phi) is 2.82. The number of aliphatic carboxylic acids is 1. The first-order chi connectivity index (χ1) is 8.08. The highest BCUT2D eigenvalue weighted by atomic mass is 16.4. The van der Waals surface area contributed by atoms with Crippen molar-refractivity contribution in [2.45, 2.75) is 12.5 Å². The van der Waals surface area contributed by atoms with Crippen LogP contribution in [0.1, 0.15) is 6.42 Å². The minimum atomic E-state index is -1.15. The molecule has 0 fully saturated rings. The summed E-state index contributed by atoms with van der Waals surface area (Å²) in [5.41, 5.74) is 4.34. The van der Waals surface area contributed by atoms with Crippen LogP contribution in [0.5, 0.6) is 0 Å². The van der Waals surface area contributed by atoms with Crippen molar-refractivity contribution in [1.29, 1.82) is 0 Å². The van der Waals surface area contributed by atoms with Crippen molar-refractivity contribution in [3.8, 4) is 0 Å². The van der Waals surface area contributed by atoms with Crippen molar-refractivity contribution in [3.63, 3.8) is 0 Å². The van der Waals surface area contributed by atoms with Crippen LogP contribution >= 0.6 is 0 Å². The van der Waals surface area contributed by atoms with Crippen LogP contribution in [-0.4, -0.2) is 28.4 Å². The number of hydrazone groups is 1. The fourth-order valence-corrected chi connectivity index (χ4v) is 1.66. The summed E-state index contributed by atoms with van der Waals surface area (Å²) < 4.78 is 0. The quantitative estimate of drug-likeness (QED) is 0.389. The molecule has 2 aliphatic rings. The highest BCUT2D eigenvalue weighted by Crippen LogP contribution is 2.23. The molecular weight excluding hydrogens is 220 g/mol. The second-order valence-electron chi connectivity index (χ2n) is 3.84. The second-order valence-corrected chi connectivity index (χ2v) is 3.84. The lowest BCUT2D eigenvalue weighted by molar-refractivity contribution is -0.132. The van der Waals surface area contributed by atoms with Crippen LogP contribution in [0.4, 0.5) is 0 Å². The van der Waals surface area contributed by atoms with E-state index in [9.17, 15) is 9.90 Å². The third kappa shape index (κ3) is 2.28. The molecule has 0 aromatic carbocycles. The number of allylic oxidation sites excluding steroid dienone is 1. The topological polar surface area (TPSA) is 81.9 Å². The predicted octanol–water partition coefficient (Wildman–Crippen LogP) is 1.28. The Morgan fingerprint density at radius 1 is 1.59 bits per heavy atom.